The second kappa shape index (κ2) is 7.73. The summed E-state index contributed by atoms with van der Waals surface area (Å²) in [6, 6.07) is 15.6. The van der Waals surface area contributed by atoms with Crippen LogP contribution < -0.4 is 5.32 Å². The van der Waals surface area contributed by atoms with Crippen LogP contribution in [0.1, 0.15) is 31.9 Å². The standard InChI is InChI=1S/C16H21NS2/c1-3-14(19-15-11-8-12-18-15)16(17-4-2)13-9-6-5-7-10-13/h5-12,14,16-17H,3-4H2,1-2H3. The number of hydrogen-bond donors (Lipinski definition) is 1. The maximum absolute atomic E-state index is 3.65. The van der Waals surface area contributed by atoms with Gasteiger partial charge in [-0.15, -0.1) is 23.1 Å². The summed E-state index contributed by atoms with van der Waals surface area (Å²) in [5.74, 6) is 0. The van der Waals surface area contributed by atoms with Gasteiger partial charge in [0.25, 0.3) is 0 Å². The zero-order valence-corrected chi connectivity index (χ0v) is 13.1. The molecule has 1 nitrogen and oxygen atoms in total. The Bertz CT molecular complexity index is 453. The highest BCUT2D eigenvalue weighted by atomic mass is 32.2. The van der Waals surface area contributed by atoms with E-state index in [1.807, 2.05) is 23.1 Å². The molecule has 0 radical (unpaired) electrons. The lowest BCUT2D eigenvalue weighted by Crippen LogP contribution is -2.29. The van der Waals surface area contributed by atoms with Crippen molar-refractivity contribution in [2.75, 3.05) is 6.54 Å². The molecule has 0 amide bonds. The first-order valence-electron chi connectivity index (χ1n) is 6.83. The minimum atomic E-state index is 0.420. The van der Waals surface area contributed by atoms with Crippen molar-refractivity contribution in [3.8, 4) is 0 Å². The second-order valence-corrected chi connectivity index (χ2v) is 6.93. The molecule has 0 saturated heterocycles. The fourth-order valence-electron chi connectivity index (χ4n) is 2.21. The summed E-state index contributed by atoms with van der Waals surface area (Å²) >= 11 is 3.83. The SMILES string of the molecule is CCNC(c1ccccc1)C(CC)Sc1cccs1. The molecule has 2 aromatic rings. The average Bonchev–Trinajstić information content (AvgIpc) is 2.96. The van der Waals surface area contributed by atoms with Crippen LogP contribution in [-0.4, -0.2) is 11.8 Å². The molecule has 102 valence electrons. The van der Waals surface area contributed by atoms with Gasteiger partial charge in [-0.2, -0.15) is 0 Å². The third kappa shape index (κ3) is 4.10. The van der Waals surface area contributed by atoms with Crippen LogP contribution in [0.5, 0.6) is 0 Å². The molecule has 2 unspecified atom stereocenters. The van der Waals surface area contributed by atoms with Gasteiger partial charge in [0.05, 0.1) is 4.21 Å². The molecular formula is C16H21NS2. The highest BCUT2D eigenvalue weighted by molar-refractivity contribution is 8.01. The molecule has 19 heavy (non-hydrogen) atoms. The van der Waals surface area contributed by atoms with E-state index in [1.165, 1.54) is 9.77 Å². The molecule has 1 aromatic heterocycles. The lowest BCUT2D eigenvalue weighted by molar-refractivity contribution is 0.522. The van der Waals surface area contributed by atoms with Crippen LogP contribution >= 0.6 is 23.1 Å². The Morgan fingerprint density at radius 3 is 2.47 bits per heavy atom. The Labute approximate surface area is 124 Å². The summed E-state index contributed by atoms with van der Waals surface area (Å²) in [7, 11) is 0. The predicted molar refractivity (Wildman–Crippen MR) is 87.1 cm³/mol. The van der Waals surface area contributed by atoms with Crippen molar-refractivity contribution in [3.05, 3.63) is 53.4 Å². The predicted octanol–water partition coefficient (Wildman–Crippen LogP) is 4.97. The molecule has 1 aromatic carbocycles. The van der Waals surface area contributed by atoms with Crippen LogP contribution in [0.15, 0.2) is 52.1 Å². The number of thioether (sulfide) groups is 1. The number of rotatable bonds is 7. The fourth-order valence-corrected chi connectivity index (χ4v) is 4.43. The number of benzene rings is 1. The topological polar surface area (TPSA) is 12.0 Å². The minimum absolute atomic E-state index is 0.420. The summed E-state index contributed by atoms with van der Waals surface area (Å²) in [6.07, 6.45) is 1.16. The summed E-state index contributed by atoms with van der Waals surface area (Å²) < 4.78 is 1.41. The van der Waals surface area contributed by atoms with Gasteiger partial charge in [-0.05, 0) is 30.0 Å². The quantitative estimate of drug-likeness (QED) is 0.723. The third-order valence-corrected chi connectivity index (χ3v) is 5.64. The normalized spacial score (nSPS) is 14.2. The summed E-state index contributed by atoms with van der Waals surface area (Å²) in [5, 5.41) is 6.37. The largest absolute Gasteiger partial charge is 0.309 e. The molecule has 1 N–H and O–H groups in total. The van der Waals surface area contributed by atoms with Gasteiger partial charge < -0.3 is 5.32 Å². The van der Waals surface area contributed by atoms with Gasteiger partial charge >= 0.3 is 0 Å². The van der Waals surface area contributed by atoms with Crippen molar-refractivity contribution in [3.63, 3.8) is 0 Å². The molecule has 1 heterocycles. The lowest BCUT2D eigenvalue weighted by atomic mass is 10.0. The maximum atomic E-state index is 3.65. The average molecular weight is 291 g/mol. The van der Waals surface area contributed by atoms with Crippen molar-refractivity contribution in [1.82, 2.24) is 5.32 Å². The molecule has 2 atom stereocenters. The van der Waals surface area contributed by atoms with Crippen molar-refractivity contribution in [2.24, 2.45) is 0 Å². The minimum Gasteiger partial charge on any atom is -0.309 e. The first kappa shape index (κ1) is 14.6. The number of hydrogen-bond acceptors (Lipinski definition) is 3. The van der Waals surface area contributed by atoms with Crippen LogP contribution in [-0.2, 0) is 0 Å². The fraction of sp³-hybridized carbons (Fsp3) is 0.375. The lowest BCUT2D eigenvalue weighted by Gasteiger charge is -2.26. The highest BCUT2D eigenvalue weighted by Gasteiger charge is 2.22. The van der Waals surface area contributed by atoms with Crippen molar-refractivity contribution in [1.29, 1.82) is 0 Å². The van der Waals surface area contributed by atoms with E-state index in [0.29, 0.717) is 11.3 Å². The first-order valence-corrected chi connectivity index (χ1v) is 8.59. The molecule has 0 spiro atoms. The van der Waals surface area contributed by atoms with Crippen molar-refractivity contribution >= 4 is 23.1 Å². The van der Waals surface area contributed by atoms with Gasteiger partial charge in [0.15, 0.2) is 0 Å². The Balaban J connectivity index is 2.16. The van der Waals surface area contributed by atoms with E-state index in [-0.39, 0.29) is 0 Å². The molecule has 0 fully saturated rings. The van der Waals surface area contributed by atoms with Gasteiger partial charge in [-0.1, -0.05) is 50.2 Å². The highest BCUT2D eigenvalue weighted by Crippen LogP contribution is 2.36. The molecule has 2 rings (SSSR count). The number of thiophene rings is 1. The van der Waals surface area contributed by atoms with Gasteiger partial charge in [0.2, 0.25) is 0 Å². The summed E-state index contributed by atoms with van der Waals surface area (Å²) in [5.41, 5.74) is 1.39. The summed E-state index contributed by atoms with van der Waals surface area (Å²) in [6.45, 7) is 5.46. The van der Waals surface area contributed by atoms with Crippen molar-refractivity contribution < 1.29 is 0 Å². The van der Waals surface area contributed by atoms with E-state index in [0.717, 1.165) is 13.0 Å². The zero-order valence-electron chi connectivity index (χ0n) is 11.5. The van der Waals surface area contributed by atoms with E-state index in [1.54, 1.807) is 0 Å². The van der Waals surface area contributed by atoms with Crippen molar-refractivity contribution in [2.45, 2.75) is 35.8 Å². The van der Waals surface area contributed by atoms with Gasteiger partial charge in [-0.3, -0.25) is 0 Å². The van der Waals surface area contributed by atoms with Crippen LogP contribution in [0.4, 0.5) is 0 Å². The van der Waals surface area contributed by atoms with Crippen LogP contribution in [0.3, 0.4) is 0 Å². The van der Waals surface area contributed by atoms with E-state index in [9.17, 15) is 0 Å². The second-order valence-electron chi connectivity index (χ2n) is 4.44. The maximum Gasteiger partial charge on any atom is 0.0601 e. The van der Waals surface area contributed by atoms with Gasteiger partial charge in [0.1, 0.15) is 0 Å². The molecule has 0 aliphatic rings. The monoisotopic (exact) mass is 291 g/mol. The van der Waals surface area contributed by atoms with Crippen LogP contribution in [0.2, 0.25) is 0 Å². The molecule has 0 aliphatic carbocycles. The van der Waals surface area contributed by atoms with E-state index < -0.39 is 0 Å². The molecule has 0 aliphatic heterocycles. The molecule has 3 heteroatoms. The Morgan fingerprint density at radius 2 is 1.89 bits per heavy atom. The zero-order chi connectivity index (χ0) is 13.5. The third-order valence-electron chi connectivity index (χ3n) is 3.12. The van der Waals surface area contributed by atoms with Crippen LogP contribution in [0, 0.1) is 0 Å². The molecule has 0 bridgehead atoms. The number of nitrogens with one attached hydrogen (secondary N) is 1. The summed E-state index contributed by atoms with van der Waals surface area (Å²) in [4.78, 5) is 0. The van der Waals surface area contributed by atoms with E-state index in [4.69, 9.17) is 0 Å². The Hall–Kier alpha value is -0.770. The first-order chi connectivity index (χ1) is 9.35. The van der Waals surface area contributed by atoms with Gasteiger partial charge in [-0.25, -0.2) is 0 Å². The smallest absolute Gasteiger partial charge is 0.0601 e. The Kier molecular flexibility index (Phi) is 5.95. The van der Waals surface area contributed by atoms with E-state index in [2.05, 4.69) is 67.0 Å². The molecule has 0 saturated carbocycles. The Morgan fingerprint density at radius 1 is 1.11 bits per heavy atom. The molecular weight excluding hydrogens is 270 g/mol. The van der Waals surface area contributed by atoms with Crippen LogP contribution in [0.25, 0.3) is 0 Å². The van der Waals surface area contributed by atoms with E-state index >= 15 is 0 Å². The van der Waals surface area contributed by atoms with Gasteiger partial charge in [0, 0.05) is 11.3 Å².